The van der Waals surface area contributed by atoms with Crippen LogP contribution in [0.25, 0.3) is 10.9 Å². The molecule has 9 nitrogen and oxygen atoms in total. The van der Waals surface area contributed by atoms with E-state index in [1.807, 2.05) is 36.0 Å². The van der Waals surface area contributed by atoms with Crippen molar-refractivity contribution in [3.63, 3.8) is 0 Å². The van der Waals surface area contributed by atoms with E-state index < -0.39 is 5.97 Å². The SMILES string of the molecule is COC(=O)c1ccccc1NC(=S)N(CCN(C)C)Cc1cc2cc(OC)c(OC)cc2[nH]c1=O. The Morgan fingerprint density at radius 3 is 2.37 bits per heavy atom. The fourth-order valence-corrected chi connectivity index (χ4v) is 3.81. The molecular weight excluding hydrogens is 468 g/mol. The number of rotatable bonds is 9. The van der Waals surface area contributed by atoms with Gasteiger partial charge in [-0.05, 0) is 50.6 Å². The molecule has 0 saturated heterocycles. The molecule has 0 saturated carbocycles. The third-order valence-corrected chi connectivity index (χ3v) is 5.83. The number of anilines is 1. The Bertz CT molecular complexity index is 1270. The Kier molecular flexibility index (Phi) is 8.67. The molecule has 0 aliphatic carbocycles. The zero-order valence-corrected chi connectivity index (χ0v) is 21.3. The summed E-state index contributed by atoms with van der Waals surface area (Å²) < 4.78 is 15.6. The molecule has 10 heteroatoms. The number of hydrogen-bond acceptors (Lipinski definition) is 7. The maximum atomic E-state index is 12.9. The molecule has 0 radical (unpaired) electrons. The van der Waals surface area contributed by atoms with Crippen LogP contribution in [0.4, 0.5) is 5.69 Å². The van der Waals surface area contributed by atoms with Gasteiger partial charge < -0.3 is 34.3 Å². The number of benzene rings is 2. The van der Waals surface area contributed by atoms with Crippen molar-refractivity contribution in [2.45, 2.75) is 6.54 Å². The zero-order valence-electron chi connectivity index (χ0n) is 20.5. The van der Waals surface area contributed by atoms with E-state index in [0.717, 1.165) is 5.39 Å². The van der Waals surface area contributed by atoms with Gasteiger partial charge in [0.1, 0.15) is 0 Å². The first-order valence-corrected chi connectivity index (χ1v) is 11.3. The topological polar surface area (TPSA) is 96.1 Å². The van der Waals surface area contributed by atoms with E-state index in [4.69, 9.17) is 26.4 Å². The monoisotopic (exact) mass is 498 g/mol. The number of esters is 1. The van der Waals surface area contributed by atoms with Crippen molar-refractivity contribution in [2.24, 2.45) is 0 Å². The fourth-order valence-electron chi connectivity index (χ4n) is 3.55. The Labute approximate surface area is 209 Å². The van der Waals surface area contributed by atoms with Gasteiger partial charge in [0.15, 0.2) is 16.6 Å². The molecule has 0 spiro atoms. The Hall–Kier alpha value is -3.63. The zero-order chi connectivity index (χ0) is 25.5. The lowest BCUT2D eigenvalue weighted by Crippen LogP contribution is -2.40. The number of carbonyl (C=O) groups is 1. The van der Waals surface area contributed by atoms with E-state index in [2.05, 4.69) is 10.3 Å². The fraction of sp³-hybridized carbons (Fsp3) is 0.320. The summed E-state index contributed by atoms with van der Waals surface area (Å²) >= 11 is 5.70. The smallest absolute Gasteiger partial charge is 0.339 e. The highest BCUT2D eigenvalue weighted by molar-refractivity contribution is 7.80. The molecule has 0 bridgehead atoms. The predicted molar refractivity (Wildman–Crippen MR) is 141 cm³/mol. The van der Waals surface area contributed by atoms with Gasteiger partial charge in [-0.25, -0.2) is 4.79 Å². The second-order valence-electron chi connectivity index (χ2n) is 8.11. The Balaban J connectivity index is 1.93. The predicted octanol–water partition coefficient (Wildman–Crippen LogP) is 3.09. The minimum absolute atomic E-state index is 0.225. The molecule has 0 amide bonds. The second-order valence-corrected chi connectivity index (χ2v) is 8.50. The molecule has 2 aromatic carbocycles. The number of pyridine rings is 1. The van der Waals surface area contributed by atoms with Crippen LogP contribution in [0.3, 0.4) is 0 Å². The standard InChI is InChI=1S/C25H30N4O5S/c1-28(2)10-11-29(25(35)27-19-9-7-6-8-18(19)24(31)34-5)15-17-12-16-13-21(32-3)22(33-4)14-20(16)26-23(17)30/h6-9,12-14H,10-11,15H2,1-5H3,(H,26,30)(H,27,35). The third kappa shape index (κ3) is 6.28. The van der Waals surface area contributed by atoms with Crippen LogP contribution in [0.5, 0.6) is 11.5 Å². The number of aromatic amines is 1. The summed E-state index contributed by atoms with van der Waals surface area (Å²) in [6.07, 6.45) is 0. The number of methoxy groups -OCH3 is 3. The number of para-hydroxylation sites is 1. The Morgan fingerprint density at radius 2 is 1.71 bits per heavy atom. The summed E-state index contributed by atoms with van der Waals surface area (Å²) in [7, 11) is 8.37. The highest BCUT2D eigenvalue weighted by Crippen LogP contribution is 2.31. The number of carbonyl (C=O) groups excluding carboxylic acids is 1. The molecule has 35 heavy (non-hydrogen) atoms. The average Bonchev–Trinajstić information content (AvgIpc) is 2.85. The van der Waals surface area contributed by atoms with Gasteiger partial charge in [-0.15, -0.1) is 0 Å². The van der Waals surface area contributed by atoms with Crippen LogP contribution >= 0.6 is 12.2 Å². The molecule has 1 aromatic heterocycles. The lowest BCUT2D eigenvalue weighted by molar-refractivity contribution is 0.0602. The van der Waals surface area contributed by atoms with Crippen molar-refractivity contribution in [1.29, 1.82) is 0 Å². The van der Waals surface area contributed by atoms with Crippen molar-refractivity contribution < 1.29 is 19.0 Å². The van der Waals surface area contributed by atoms with Gasteiger partial charge in [-0.1, -0.05) is 12.1 Å². The number of hydrogen-bond donors (Lipinski definition) is 2. The molecule has 0 aliphatic rings. The molecule has 0 unspecified atom stereocenters. The van der Waals surface area contributed by atoms with Gasteiger partial charge >= 0.3 is 5.97 Å². The summed E-state index contributed by atoms with van der Waals surface area (Å²) in [5.41, 5.74) is 1.85. The quantitative estimate of drug-likeness (QED) is 0.341. The molecule has 0 atom stereocenters. The maximum absolute atomic E-state index is 12.9. The average molecular weight is 499 g/mol. The lowest BCUT2D eigenvalue weighted by atomic mass is 10.1. The maximum Gasteiger partial charge on any atom is 0.339 e. The van der Waals surface area contributed by atoms with Gasteiger partial charge in [-0.2, -0.15) is 0 Å². The van der Waals surface area contributed by atoms with Crippen LogP contribution in [-0.4, -0.2) is 74.4 Å². The normalized spacial score (nSPS) is 10.8. The van der Waals surface area contributed by atoms with Crippen molar-refractivity contribution in [2.75, 3.05) is 53.8 Å². The number of likely N-dealkylation sites (N-methyl/N-ethyl adjacent to an activating group) is 1. The van der Waals surface area contributed by atoms with Crippen molar-refractivity contribution >= 4 is 39.9 Å². The summed E-state index contributed by atoms with van der Waals surface area (Å²) in [6, 6.07) is 12.4. The first kappa shape index (κ1) is 26.0. The first-order valence-electron chi connectivity index (χ1n) is 10.9. The first-order chi connectivity index (χ1) is 16.8. The minimum atomic E-state index is -0.467. The van der Waals surface area contributed by atoms with Crippen LogP contribution < -0.4 is 20.3 Å². The van der Waals surface area contributed by atoms with E-state index in [1.165, 1.54) is 7.11 Å². The highest BCUT2D eigenvalue weighted by atomic mass is 32.1. The van der Waals surface area contributed by atoms with E-state index in [-0.39, 0.29) is 12.1 Å². The minimum Gasteiger partial charge on any atom is -0.493 e. The van der Waals surface area contributed by atoms with E-state index in [0.29, 0.717) is 52.0 Å². The molecule has 0 fully saturated rings. The van der Waals surface area contributed by atoms with Gasteiger partial charge in [0, 0.05) is 30.1 Å². The molecule has 3 rings (SSSR count). The van der Waals surface area contributed by atoms with Crippen LogP contribution in [-0.2, 0) is 11.3 Å². The summed E-state index contributed by atoms with van der Waals surface area (Å²) in [6.45, 7) is 1.53. The van der Waals surface area contributed by atoms with E-state index in [9.17, 15) is 9.59 Å². The van der Waals surface area contributed by atoms with Crippen LogP contribution in [0.2, 0.25) is 0 Å². The van der Waals surface area contributed by atoms with E-state index in [1.54, 1.807) is 44.6 Å². The number of fused-ring (bicyclic) bond motifs is 1. The molecule has 1 heterocycles. The number of nitrogens with one attached hydrogen (secondary N) is 2. The van der Waals surface area contributed by atoms with Crippen LogP contribution in [0.15, 0.2) is 47.3 Å². The van der Waals surface area contributed by atoms with Gasteiger partial charge in [0.25, 0.3) is 5.56 Å². The number of nitrogens with zero attached hydrogens (tertiary/aromatic N) is 2. The third-order valence-electron chi connectivity index (χ3n) is 5.46. The van der Waals surface area contributed by atoms with E-state index >= 15 is 0 Å². The van der Waals surface area contributed by atoms with Gasteiger partial charge in [0.2, 0.25) is 0 Å². The summed E-state index contributed by atoms with van der Waals surface area (Å²) in [4.78, 5) is 31.9. The van der Waals surface area contributed by atoms with Crippen LogP contribution in [0, 0.1) is 0 Å². The number of aromatic nitrogens is 1. The van der Waals surface area contributed by atoms with Crippen molar-refractivity contribution in [3.8, 4) is 11.5 Å². The number of H-pyrrole nitrogens is 1. The van der Waals surface area contributed by atoms with Crippen molar-refractivity contribution in [3.05, 3.63) is 63.9 Å². The largest absolute Gasteiger partial charge is 0.493 e. The highest BCUT2D eigenvalue weighted by Gasteiger charge is 2.18. The van der Waals surface area contributed by atoms with Gasteiger partial charge in [-0.3, -0.25) is 4.79 Å². The lowest BCUT2D eigenvalue weighted by Gasteiger charge is -2.27. The van der Waals surface area contributed by atoms with Crippen molar-refractivity contribution in [1.82, 2.24) is 14.8 Å². The molecule has 3 aromatic rings. The summed E-state index contributed by atoms with van der Waals surface area (Å²) in [5.74, 6) is 0.635. The molecule has 186 valence electrons. The molecule has 0 aliphatic heterocycles. The van der Waals surface area contributed by atoms with Crippen LogP contribution in [0.1, 0.15) is 15.9 Å². The second kappa shape index (κ2) is 11.7. The molecule has 2 N–H and O–H groups in total. The molecular formula is C25H30N4O5S. The van der Waals surface area contributed by atoms with Gasteiger partial charge in [0.05, 0.1) is 44.6 Å². The number of thiocarbonyl (C=S) groups is 1. The summed E-state index contributed by atoms with van der Waals surface area (Å²) in [5, 5.41) is 4.34. The Morgan fingerprint density at radius 1 is 1.03 bits per heavy atom. The number of ether oxygens (including phenoxy) is 3.